The number of ether oxygens (including phenoxy) is 1. The van der Waals surface area contributed by atoms with Gasteiger partial charge in [-0.1, -0.05) is 12.1 Å². The van der Waals surface area contributed by atoms with Crippen molar-refractivity contribution >= 4 is 23.4 Å². The number of carbonyl (C=O) groups excluding carboxylic acids is 1. The lowest BCUT2D eigenvalue weighted by Crippen LogP contribution is -2.00. The Morgan fingerprint density at radius 3 is 2.79 bits per heavy atom. The Bertz CT molecular complexity index is 620. The maximum absolute atomic E-state index is 11.7. The van der Waals surface area contributed by atoms with Crippen molar-refractivity contribution in [3.63, 3.8) is 0 Å². The summed E-state index contributed by atoms with van der Waals surface area (Å²) in [6, 6.07) is 7.54. The predicted molar refractivity (Wildman–Crippen MR) is 78.5 cm³/mol. The van der Waals surface area contributed by atoms with E-state index in [1.54, 1.807) is 6.07 Å². The zero-order valence-corrected chi connectivity index (χ0v) is 11.9. The maximum Gasteiger partial charge on any atom is 0.340 e. The SMILES string of the molecule is COC(=O)c1cc(-c2cccc(N)c2C)[nH]c1SC. The average molecular weight is 276 g/mol. The van der Waals surface area contributed by atoms with E-state index in [0.717, 1.165) is 27.5 Å². The van der Waals surface area contributed by atoms with Crippen LogP contribution in [0, 0.1) is 6.92 Å². The molecule has 0 atom stereocenters. The number of nitrogen functional groups attached to an aromatic ring is 1. The molecule has 0 bridgehead atoms. The average Bonchev–Trinajstić information content (AvgIpc) is 2.85. The summed E-state index contributed by atoms with van der Waals surface area (Å²) >= 11 is 1.48. The number of carbonyl (C=O) groups is 1. The summed E-state index contributed by atoms with van der Waals surface area (Å²) in [5.74, 6) is -0.339. The molecular weight excluding hydrogens is 260 g/mol. The molecule has 0 spiro atoms. The molecular formula is C14H16N2O2S. The molecule has 1 heterocycles. The maximum atomic E-state index is 11.7. The van der Waals surface area contributed by atoms with Gasteiger partial charge in [0.2, 0.25) is 0 Å². The summed E-state index contributed by atoms with van der Waals surface area (Å²) in [5.41, 5.74) is 10.0. The van der Waals surface area contributed by atoms with E-state index in [2.05, 4.69) is 4.98 Å². The van der Waals surface area contributed by atoms with Gasteiger partial charge in [0, 0.05) is 16.9 Å². The Balaban J connectivity index is 2.55. The van der Waals surface area contributed by atoms with Crippen molar-refractivity contribution < 1.29 is 9.53 Å². The van der Waals surface area contributed by atoms with Gasteiger partial charge in [0.05, 0.1) is 17.7 Å². The molecule has 4 nitrogen and oxygen atoms in total. The number of rotatable bonds is 3. The molecule has 5 heteroatoms. The fraction of sp³-hybridized carbons (Fsp3) is 0.214. The van der Waals surface area contributed by atoms with Gasteiger partial charge in [-0.2, -0.15) is 0 Å². The molecule has 0 fully saturated rings. The zero-order valence-electron chi connectivity index (χ0n) is 11.1. The molecule has 0 unspecified atom stereocenters. The number of hydrogen-bond donors (Lipinski definition) is 2. The quantitative estimate of drug-likeness (QED) is 0.513. The third-order valence-electron chi connectivity index (χ3n) is 3.06. The van der Waals surface area contributed by atoms with Crippen molar-refractivity contribution in [2.45, 2.75) is 11.9 Å². The molecule has 0 amide bonds. The van der Waals surface area contributed by atoms with Crippen LogP contribution in [0.5, 0.6) is 0 Å². The molecule has 0 aliphatic heterocycles. The summed E-state index contributed by atoms with van der Waals surface area (Å²) in [4.78, 5) is 14.9. The Morgan fingerprint density at radius 2 is 2.16 bits per heavy atom. The van der Waals surface area contributed by atoms with Gasteiger partial charge in [0.15, 0.2) is 0 Å². The number of aromatic amines is 1. The first-order valence-corrected chi connectivity index (χ1v) is 7.01. The van der Waals surface area contributed by atoms with Crippen LogP contribution in [0.15, 0.2) is 29.3 Å². The number of benzene rings is 1. The first-order valence-electron chi connectivity index (χ1n) is 5.79. The number of nitrogens with one attached hydrogen (secondary N) is 1. The first-order chi connectivity index (χ1) is 9.08. The Hall–Kier alpha value is -1.88. The molecule has 3 N–H and O–H groups in total. The van der Waals surface area contributed by atoms with Gasteiger partial charge in [-0.25, -0.2) is 4.79 Å². The second-order valence-corrected chi connectivity index (χ2v) is 4.96. The minimum absolute atomic E-state index is 0.339. The normalized spacial score (nSPS) is 10.5. The van der Waals surface area contributed by atoms with Crippen LogP contribution in [0.1, 0.15) is 15.9 Å². The van der Waals surface area contributed by atoms with E-state index < -0.39 is 0 Å². The standard InChI is InChI=1S/C14H16N2O2S/c1-8-9(5-4-6-11(8)15)12-7-10(14(17)18-2)13(16-12)19-3/h4-7,16H,15H2,1-3H3. The van der Waals surface area contributed by atoms with E-state index in [1.807, 2.05) is 31.4 Å². The molecule has 0 radical (unpaired) electrons. The van der Waals surface area contributed by atoms with Crippen LogP contribution in [0.25, 0.3) is 11.3 Å². The summed E-state index contributed by atoms with van der Waals surface area (Å²) in [5, 5.41) is 0.795. The highest BCUT2D eigenvalue weighted by molar-refractivity contribution is 7.98. The monoisotopic (exact) mass is 276 g/mol. The third kappa shape index (κ3) is 2.46. The van der Waals surface area contributed by atoms with Crippen LogP contribution in [-0.4, -0.2) is 24.3 Å². The van der Waals surface area contributed by atoms with Gasteiger partial charge in [-0.15, -0.1) is 11.8 Å². The number of aromatic nitrogens is 1. The van der Waals surface area contributed by atoms with Gasteiger partial charge in [-0.05, 0) is 30.9 Å². The Morgan fingerprint density at radius 1 is 1.42 bits per heavy atom. The number of hydrogen-bond acceptors (Lipinski definition) is 4. The van der Waals surface area contributed by atoms with E-state index in [-0.39, 0.29) is 5.97 Å². The molecule has 2 rings (SSSR count). The summed E-state index contributed by atoms with van der Waals surface area (Å²) in [6.07, 6.45) is 1.91. The van der Waals surface area contributed by atoms with Crippen molar-refractivity contribution in [1.82, 2.24) is 4.98 Å². The van der Waals surface area contributed by atoms with Gasteiger partial charge in [0.1, 0.15) is 0 Å². The van der Waals surface area contributed by atoms with E-state index in [0.29, 0.717) is 5.56 Å². The van der Waals surface area contributed by atoms with Crippen molar-refractivity contribution in [3.8, 4) is 11.3 Å². The second kappa shape index (κ2) is 5.40. The molecule has 0 saturated heterocycles. The smallest absolute Gasteiger partial charge is 0.340 e. The van der Waals surface area contributed by atoms with E-state index >= 15 is 0 Å². The fourth-order valence-corrected chi connectivity index (χ4v) is 2.52. The van der Waals surface area contributed by atoms with Crippen LogP contribution in [0.4, 0.5) is 5.69 Å². The largest absolute Gasteiger partial charge is 0.465 e. The van der Waals surface area contributed by atoms with Gasteiger partial charge in [-0.3, -0.25) is 0 Å². The number of anilines is 1. The minimum atomic E-state index is -0.339. The van der Waals surface area contributed by atoms with Gasteiger partial charge in [0.25, 0.3) is 0 Å². The second-order valence-electron chi connectivity index (χ2n) is 4.14. The topological polar surface area (TPSA) is 68.1 Å². The summed E-state index contributed by atoms with van der Waals surface area (Å²) in [7, 11) is 1.38. The van der Waals surface area contributed by atoms with Gasteiger partial charge >= 0.3 is 5.97 Å². The van der Waals surface area contributed by atoms with Crippen molar-refractivity contribution in [2.75, 3.05) is 19.1 Å². The van der Waals surface area contributed by atoms with Crippen LogP contribution < -0.4 is 5.73 Å². The van der Waals surface area contributed by atoms with E-state index in [9.17, 15) is 4.79 Å². The lowest BCUT2D eigenvalue weighted by Gasteiger charge is -2.06. The summed E-state index contributed by atoms with van der Waals surface area (Å²) in [6.45, 7) is 1.96. The minimum Gasteiger partial charge on any atom is -0.465 e. The molecule has 0 aliphatic carbocycles. The summed E-state index contributed by atoms with van der Waals surface area (Å²) < 4.78 is 4.78. The molecule has 0 saturated carbocycles. The fourth-order valence-electron chi connectivity index (χ4n) is 1.95. The lowest BCUT2D eigenvalue weighted by molar-refractivity contribution is 0.0597. The van der Waals surface area contributed by atoms with Crippen LogP contribution >= 0.6 is 11.8 Å². The van der Waals surface area contributed by atoms with E-state index in [1.165, 1.54) is 18.9 Å². The molecule has 2 aromatic rings. The number of methoxy groups -OCH3 is 1. The third-order valence-corrected chi connectivity index (χ3v) is 3.79. The van der Waals surface area contributed by atoms with Gasteiger partial charge < -0.3 is 15.5 Å². The molecule has 100 valence electrons. The van der Waals surface area contributed by atoms with Crippen LogP contribution in [0.2, 0.25) is 0 Å². The molecule has 1 aromatic heterocycles. The number of thioether (sulfide) groups is 1. The van der Waals surface area contributed by atoms with Crippen molar-refractivity contribution in [2.24, 2.45) is 0 Å². The molecule has 1 aromatic carbocycles. The van der Waals surface area contributed by atoms with E-state index in [4.69, 9.17) is 10.5 Å². The van der Waals surface area contributed by atoms with Crippen LogP contribution in [-0.2, 0) is 4.74 Å². The predicted octanol–water partition coefficient (Wildman–Crippen LogP) is 3.08. The van der Waals surface area contributed by atoms with Crippen LogP contribution in [0.3, 0.4) is 0 Å². The lowest BCUT2D eigenvalue weighted by atomic mass is 10.0. The Labute approximate surface area is 116 Å². The Kier molecular flexibility index (Phi) is 3.85. The highest BCUT2D eigenvalue weighted by Gasteiger charge is 2.17. The first kappa shape index (κ1) is 13.5. The zero-order chi connectivity index (χ0) is 14.0. The molecule has 19 heavy (non-hydrogen) atoms. The van der Waals surface area contributed by atoms with Crippen molar-refractivity contribution in [3.05, 3.63) is 35.4 Å². The molecule has 0 aliphatic rings. The highest BCUT2D eigenvalue weighted by atomic mass is 32.2. The number of H-pyrrole nitrogens is 1. The number of nitrogens with two attached hydrogens (primary N) is 1. The highest BCUT2D eigenvalue weighted by Crippen LogP contribution is 2.31. The van der Waals surface area contributed by atoms with Crippen molar-refractivity contribution in [1.29, 1.82) is 0 Å². The number of esters is 1.